The predicted octanol–water partition coefficient (Wildman–Crippen LogP) is 4.52. The molecule has 1 heterocycles. The van der Waals surface area contributed by atoms with Gasteiger partial charge in [-0.2, -0.15) is 13.2 Å². The summed E-state index contributed by atoms with van der Waals surface area (Å²) in [6.45, 7) is 1.40. The molecule has 0 unspecified atom stereocenters. The number of esters is 2. The molecule has 0 amide bonds. The highest BCUT2D eigenvalue weighted by Gasteiger charge is 2.30. The van der Waals surface area contributed by atoms with Crippen LogP contribution < -0.4 is 11.1 Å². The van der Waals surface area contributed by atoms with Gasteiger partial charge in [0.05, 0.1) is 23.4 Å². The molecule has 156 valence electrons. The molecule has 10 heteroatoms. The van der Waals surface area contributed by atoms with Crippen LogP contribution in [0.2, 0.25) is 0 Å². The van der Waals surface area contributed by atoms with Gasteiger partial charge >= 0.3 is 18.1 Å². The number of nitrogens with two attached hydrogens (primary N) is 1. The van der Waals surface area contributed by atoms with Gasteiger partial charge in [-0.05, 0) is 37.3 Å². The van der Waals surface area contributed by atoms with Gasteiger partial charge in [0.2, 0.25) is 0 Å². The average molecular weight is 435 g/mol. The van der Waals surface area contributed by atoms with Gasteiger partial charge in [-0.25, -0.2) is 9.78 Å². The van der Waals surface area contributed by atoms with E-state index in [-0.39, 0.29) is 5.56 Å². The van der Waals surface area contributed by atoms with Crippen molar-refractivity contribution in [2.75, 3.05) is 11.9 Å². The molecular weight excluding hydrogens is 419 g/mol. The number of ether oxygens (including phenoxy) is 1. The Kier molecular flexibility index (Phi) is 6.18. The second-order valence-electron chi connectivity index (χ2n) is 6.17. The molecule has 0 aliphatic carbocycles. The summed E-state index contributed by atoms with van der Waals surface area (Å²) in [5.74, 6) is -1.66. The first-order valence-electron chi connectivity index (χ1n) is 8.64. The van der Waals surface area contributed by atoms with Gasteiger partial charge in [0.15, 0.2) is 5.13 Å². The van der Waals surface area contributed by atoms with E-state index in [4.69, 9.17) is 5.73 Å². The van der Waals surface area contributed by atoms with Crippen molar-refractivity contribution in [3.63, 3.8) is 0 Å². The van der Waals surface area contributed by atoms with Gasteiger partial charge in [0.25, 0.3) is 0 Å². The molecule has 0 saturated heterocycles. The Morgan fingerprint density at radius 3 is 2.50 bits per heavy atom. The Bertz CT molecular complexity index is 1080. The van der Waals surface area contributed by atoms with Crippen LogP contribution in [-0.2, 0) is 15.7 Å². The Labute approximate surface area is 173 Å². The molecule has 0 bridgehead atoms. The van der Waals surface area contributed by atoms with Crippen molar-refractivity contribution in [2.45, 2.75) is 13.1 Å². The van der Waals surface area contributed by atoms with Crippen LogP contribution in [0.4, 0.5) is 24.0 Å². The minimum atomic E-state index is -4.40. The maximum atomic E-state index is 12.7. The fourth-order valence-electron chi connectivity index (χ4n) is 2.59. The molecule has 3 N–H and O–H groups in total. The lowest BCUT2D eigenvalue weighted by Gasteiger charge is -2.07. The molecule has 6 nitrogen and oxygen atoms in total. The highest BCUT2D eigenvalue weighted by molar-refractivity contribution is 7.16. The van der Waals surface area contributed by atoms with E-state index in [1.807, 2.05) is 6.92 Å². The molecule has 0 spiro atoms. The van der Waals surface area contributed by atoms with Crippen LogP contribution in [0.15, 0.2) is 48.5 Å². The summed E-state index contributed by atoms with van der Waals surface area (Å²) in [5.41, 5.74) is 6.19. The molecule has 0 atom stereocenters. The van der Waals surface area contributed by atoms with Crippen molar-refractivity contribution in [2.24, 2.45) is 5.73 Å². The SMILES string of the molecule is Cc1sc(Nc2cccc(C(=O)OC(=O)CN)c2)nc1-c1ccc(C(F)(F)F)cc1. The average Bonchev–Trinajstić information content (AvgIpc) is 3.07. The van der Waals surface area contributed by atoms with Crippen LogP contribution in [-0.4, -0.2) is 23.5 Å². The number of aromatic nitrogens is 1. The van der Waals surface area contributed by atoms with Gasteiger partial charge in [0, 0.05) is 16.1 Å². The highest BCUT2D eigenvalue weighted by Crippen LogP contribution is 2.34. The lowest BCUT2D eigenvalue weighted by molar-refractivity contribution is -0.138. The summed E-state index contributed by atoms with van der Waals surface area (Å²) in [4.78, 5) is 28.4. The second kappa shape index (κ2) is 8.64. The highest BCUT2D eigenvalue weighted by atomic mass is 32.1. The number of nitrogens with zero attached hydrogens (tertiary/aromatic N) is 1. The van der Waals surface area contributed by atoms with Crippen molar-refractivity contribution < 1.29 is 27.5 Å². The number of carbonyl (C=O) groups is 2. The van der Waals surface area contributed by atoms with Crippen molar-refractivity contribution in [1.29, 1.82) is 0 Å². The van der Waals surface area contributed by atoms with Crippen molar-refractivity contribution >= 4 is 34.1 Å². The van der Waals surface area contributed by atoms with E-state index in [1.165, 1.54) is 35.6 Å². The number of nitrogens with one attached hydrogen (secondary N) is 1. The maximum Gasteiger partial charge on any atom is 0.416 e. The first kappa shape index (κ1) is 21.5. The predicted molar refractivity (Wildman–Crippen MR) is 106 cm³/mol. The first-order valence-corrected chi connectivity index (χ1v) is 9.46. The van der Waals surface area contributed by atoms with E-state index < -0.39 is 30.2 Å². The minimum absolute atomic E-state index is 0.151. The van der Waals surface area contributed by atoms with E-state index in [0.29, 0.717) is 22.1 Å². The van der Waals surface area contributed by atoms with Crippen LogP contribution >= 0.6 is 11.3 Å². The maximum absolute atomic E-state index is 12.7. The lowest BCUT2D eigenvalue weighted by atomic mass is 10.1. The molecule has 0 saturated carbocycles. The number of carbonyl (C=O) groups excluding carboxylic acids is 2. The number of rotatable bonds is 5. The largest absolute Gasteiger partial charge is 0.416 e. The number of halogens is 3. The van der Waals surface area contributed by atoms with Crippen molar-refractivity contribution in [3.8, 4) is 11.3 Å². The van der Waals surface area contributed by atoms with Gasteiger partial charge in [-0.15, -0.1) is 11.3 Å². The Hall–Kier alpha value is -3.24. The van der Waals surface area contributed by atoms with Gasteiger partial charge < -0.3 is 15.8 Å². The standard InChI is InChI=1S/C20H16F3N3O3S/c1-11-17(12-5-7-14(8-6-12)20(21,22)23)26-19(30-11)25-15-4-2-3-13(9-15)18(28)29-16(27)10-24/h2-9H,10,24H2,1H3,(H,25,26). The fraction of sp³-hybridized carbons (Fsp3) is 0.150. The second-order valence-corrected chi connectivity index (χ2v) is 7.37. The number of hydrogen-bond donors (Lipinski definition) is 2. The first-order chi connectivity index (χ1) is 14.2. The molecule has 0 fully saturated rings. The molecule has 3 aromatic rings. The molecule has 0 radical (unpaired) electrons. The van der Waals surface area contributed by atoms with E-state index in [2.05, 4.69) is 15.0 Å². The zero-order valence-electron chi connectivity index (χ0n) is 15.6. The summed E-state index contributed by atoms with van der Waals surface area (Å²) < 4.78 is 42.8. The topological polar surface area (TPSA) is 94.3 Å². The fourth-order valence-corrected chi connectivity index (χ4v) is 3.44. The number of aryl methyl sites for hydroxylation is 1. The molecule has 0 aliphatic rings. The van der Waals surface area contributed by atoms with E-state index in [0.717, 1.165) is 17.0 Å². The Balaban J connectivity index is 1.79. The summed E-state index contributed by atoms with van der Waals surface area (Å²) in [6.07, 6.45) is -4.40. The molecule has 1 aromatic heterocycles. The molecule has 30 heavy (non-hydrogen) atoms. The van der Waals surface area contributed by atoms with Gasteiger partial charge in [-0.3, -0.25) is 4.79 Å². The van der Waals surface area contributed by atoms with E-state index in [9.17, 15) is 22.8 Å². The van der Waals surface area contributed by atoms with Gasteiger partial charge in [0.1, 0.15) is 0 Å². The van der Waals surface area contributed by atoms with Crippen molar-refractivity contribution in [1.82, 2.24) is 4.98 Å². The van der Waals surface area contributed by atoms with E-state index in [1.54, 1.807) is 12.1 Å². The quantitative estimate of drug-likeness (QED) is 0.452. The summed E-state index contributed by atoms with van der Waals surface area (Å²) in [7, 11) is 0. The molecule has 3 rings (SSSR count). The van der Waals surface area contributed by atoms with E-state index >= 15 is 0 Å². The van der Waals surface area contributed by atoms with Crippen LogP contribution in [0.3, 0.4) is 0 Å². The third-order valence-electron chi connectivity index (χ3n) is 4.01. The third-order valence-corrected chi connectivity index (χ3v) is 4.89. The molecule has 2 aromatic carbocycles. The summed E-state index contributed by atoms with van der Waals surface area (Å²) in [5, 5.41) is 3.53. The molecular formula is C20H16F3N3O3S. The zero-order valence-corrected chi connectivity index (χ0v) is 16.4. The van der Waals surface area contributed by atoms with Crippen molar-refractivity contribution in [3.05, 3.63) is 64.5 Å². The molecule has 0 aliphatic heterocycles. The summed E-state index contributed by atoms with van der Waals surface area (Å²) >= 11 is 1.31. The lowest BCUT2D eigenvalue weighted by Crippen LogP contribution is -2.20. The Morgan fingerprint density at radius 1 is 1.17 bits per heavy atom. The summed E-state index contributed by atoms with van der Waals surface area (Å²) in [6, 6.07) is 11.0. The smallest absolute Gasteiger partial charge is 0.388 e. The number of thiazole rings is 1. The normalized spacial score (nSPS) is 11.2. The number of benzene rings is 2. The van der Waals surface area contributed by atoms with Crippen LogP contribution in [0.5, 0.6) is 0 Å². The zero-order chi connectivity index (χ0) is 21.9. The van der Waals surface area contributed by atoms with Crippen LogP contribution in [0.25, 0.3) is 11.3 Å². The number of alkyl halides is 3. The number of hydrogen-bond acceptors (Lipinski definition) is 7. The number of anilines is 2. The monoisotopic (exact) mass is 435 g/mol. The Morgan fingerprint density at radius 2 is 1.87 bits per heavy atom. The van der Waals surface area contributed by atoms with Crippen LogP contribution in [0, 0.1) is 6.92 Å². The minimum Gasteiger partial charge on any atom is -0.388 e. The van der Waals surface area contributed by atoms with Gasteiger partial charge in [-0.1, -0.05) is 18.2 Å². The third kappa shape index (κ3) is 5.02. The van der Waals surface area contributed by atoms with Crippen LogP contribution in [0.1, 0.15) is 20.8 Å².